The summed E-state index contributed by atoms with van der Waals surface area (Å²) in [7, 11) is 2.22. The van der Waals surface area contributed by atoms with Crippen LogP contribution < -0.4 is 5.73 Å². The highest BCUT2D eigenvalue weighted by Gasteiger charge is 2.31. The number of nitrogens with zero attached hydrogens (tertiary/aromatic N) is 5. The fourth-order valence-corrected chi connectivity index (χ4v) is 6.06. The van der Waals surface area contributed by atoms with Gasteiger partial charge in [-0.1, -0.05) is 13.0 Å². The molecule has 2 aliphatic rings. The van der Waals surface area contributed by atoms with Gasteiger partial charge < -0.3 is 15.5 Å². The topological polar surface area (TPSA) is 88.2 Å². The van der Waals surface area contributed by atoms with Crippen LogP contribution in [0.5, 0.6) is 0 Å². The average molecular weight is 499 g/mol. The Balaban J connectivity index is 1.34. The summed E-state index contributed by atoms with van der Waals surface area (Å²) in [6.07, 6.45) is 9.01. The molecular formula is C30H38N6O. The Kier molecular flexibility index (Phi) is 7.51. The lowest BCUT2D eigenvalue weighted by Gasteiger charge is -2.39. The van der Waals surface area contributed by atoms with Gasteiger partial charge >= 0.3 is 0 Å². The van der Waals surface area contributed by atoms with E-state index >= 15 is 0 Å². The summed E-state index contributed by atoms with van der Waals surface area (Å²) in [6, 6.07) is 9.82. The maximum absolute atomic E-state index is 13.5. The number of carbonyl (C=O) groups is 1. The van der Waals surface area contributed by atoms with Crippen LogP contribution >= 0.6 is 0 Å². The van der Waals surface area contributed by atoms with Crippen molar-refractivity contribution in [1.29, 1.82) is 0 Å². The zero-order valence-corrected chi connectivity index (χ0v) is 22.3. The highest BCUT2D eigenvalue weighted by atomic mass is 16.2. The van der Waals surface area contributed by atoms with Gasteiger partial charge in [0.15, 0.2) is 0 Å². The molecule has 37 heavy (non-hydrogen) atoms. The van der Waals surface area contributed by atoms with Gasteiger partial charge in [-0.25, -0.2) is 15.0 Å². The number of pyridine rings is 1. The number of piperidine rings is 2. The van der Waals surface area contributed by atoms with E-state index in [2.05, 4.69) is 44.8 Å². The lowest BCUT2D eigenvalue weighted by Crippen LogP contribution is -2.42. The highest BCUT2D eigenvalue weighted by Crippen LogP contribution is 2.35. The van der Waals surface area contributed by atoms with E-state index in [0.717, 1.165) is 83.4 Å². The van der Waals surface area contributed by atoms with Gasteiger partial charge in [0.05, 0.1) is 11.4 Å². The van der Waals surface area contributed by atoms with Crippen molar-refractivity contribution < 1.29 is 4.79 Å². The molecule has 0 unspecified atom stereocenters. The number of aryl methyl sites for hydroxylation is 2. The lowest BCUT2D eigenvalue weighted by molar-refractivity contribution is 0.0615. The molecular weight excluding hydrogens is 460 g/mol. The third-order valence-corrected chi connectivity index (χ3v) is 8.32. The van der Waals surface area contributed by atoms with Gasteiger partial charge in [-0.15, -0.1) is 0 Å². The fraction of sp³-hybridized carbons (Fsp3) is 0.467. The number of amides is 1. The van der Waals surface area contributed by atoms with Crippen molar-refractivity contribution in [2.24, 2.45) is 11.8 Å². The SMILES string of the molecule is CCc1ncnc(-c2ccc(C(=O)N3CCC(C4CCN(C)CC4)CC3)c(C)c2)c1-c1ccc(N)nc1. The van der Waals surface area contributed by atoms with Crippen molar-refractivity contribution >= 4 is 11.7 Å². The Hall–Kier alpha value is -3.32. The van der Waals surface area contributed by atoms with Crippen LogP contribution in [-0.4, -0.2) is 63.9 Å². The zero-order chi connectivity index (χ0) is 25.9. The molecule has 2 fully saturated rings. The number of carbonyl (C=O) groups excluding carboxylic acids is 1. The summed E-state index contributed by atoms with van der Waals surface area (Å²) in [5, 5.41) is 0. The second-order valence-corrected chi connectivity index (χ2v) is 10.7. The van der Waals surface area contributed by atoms with Gasteiger partial charge in [0, 0.05) is 41.5 Å². The number of rotatable bonds is 5. The molecule has 2 aliphatic heterocycles. The molecule has 0 atom stereocenters. The second-order valence-electron chi connectivity index (χ2n) is 10.7. The van der Waals surface area contributed by atoms with Crippen molar-refractivity contribution in [3.8, 4) is 22.4 Å². The molecule has 194 valence electrons. The van der Waals surface area contributed by atoms with E-state index in [4.69, 9.17) is 5.73 Å². The summed E-state index contributed by atoms with van der Waals surface area (Å²) in [4.78, 5) is 31.4. The quantitative estimate of drug-likeness (QED) is 0.541. The number of nitrogens with two attached hydrogens (primary N) is 1. The number of aromatic nitrogens is 3. The molecule has 7 heteroatoms. The van der Waals surface area contributed by atoms with Crippen LogP contribution in [0.25, 0.3) is 22.4 Å². The smallest absolute Gasteiger partial charge is 0.254 e. The molecule has 0 bridgehead atoms. The van der Waals surface area contributed by atoms with E-state index in [1.54, 1.807) is 18.6 Å². The van der Waals surface area contributed by atoms with E-state index in [9.17, 15) is 4.79 Å². The molecule has 0 saturated carbocycles. The molecule has 5 rings (SSSR count). The summed E-state index contributed by atoms with van der Waals surface area (Å²) < 4.78 is 0. The Morgan fingerprint density at radius 3 is 2.24 bits per heavy atom. The first-order chi connectivity index (χ1) is 17.9. The Bertz CT molecular complexity index is 1240. The highest BCUT2D eigenvalue weighted by molar-refractivity contribution is 5.96. The standard InChI is InChI=1S/C30H38N6O/c1-4-26-28(24-6-8-27(31)32-18-24)29(34-19-33-26)23-5-7-25(20(2)17-23)30(37)36-15-11-22(12-16-36)21-9-13-35(3)14-10-21/h5-8,17-19,21-22H,4,9-16H2,1-3H3,(H2,31,32). The van der Waals surface area contributed by atoms with Gasteiger partial charge in [-0.2, -0.15) is 0 Å². The molecule has 7 nitrogen and oxygen atoms in total. The van der Waals surface area contributed by atoms with E-state index in [0.29, 0.717) is 5.82 Å². The molecule has 2 N–H and O–H groups in total. The number of hydrogen-bond acceptors (Lipinski definition) is 6. The molecule has 3 aromatic rings. The maximum atomic E-state index is 13.5. The number of benzene rings is 1. The van der Waals surface area contributed by atoms with Crippen molar-refractivity contribution in [3.63, 3.8) is 0 Å². The summed E-state index contributed by atoms with van der Waals surface area (Å²) in [6.45, 7) is 8.24. The van der Waals surface area contributed by atoms with Crippen molar-refractivity contribution in [2.75, 3.05) is 39.0 Å². The van der Waals surface area contributed by atoms with E-state index in [1.165, 1.54) is 25.9 Å². The molecule has 0 radical (unpaired) electrons. The lowest BCUT2D eigenvalue weighted by atomic mass is 9.79. The first kappa shape index (κ1) is 25.3. The second kappa shape index (κ2) is 11.0. The molecule has 2 aromatic heterocycles. The van der Waals surface area contributed by atoms with Crippen LogP contribution in [0.1, 0.15) is 54.2 Å². The van der Waals surface area contributed by atoms with Crippen molar-refractivity contribution in [2.45, 2.75) is 46.0 Å². The number of anilines is 1. The predicted molar refractivity (Wildman–Crippen MR) is 148 cm³/mol. The third-order valence-electron chi connectivity index (χ3n) is 8.32. The molecule has 4 heterocycles. The van der Waals surface area contributed by atoms with E-state index in [-0.39, 0.29) is 5.91 Å². The molecule has 2 saturated heterocycles. The summed E-state index contributed by atoms with van der Waals surface area (Å²) in [5.74, 6) is 2.20. The van der Waals surface area contributed by atoms with Crippen LogP contribution in [0.4, 0.5) is 5.82 Å². The van der Waals surface area contributed by atoms with Gasteiger partial charge in [0.2, 0.25) is 0 Å². The monoisotopic (exact) mass is 498 g/mol. The van der Waals surface area contributed by atoms with Crippen molar-refractivity contribution in [3.05, 3.63) is 59.7 Å². The minimum absolute atomic E-state index is 0.144. The van der Waals surface area contributed by atoms with Crippen molar-refractivity contribution in [1.82, 2.24) is 24.8 Å². The van der Waals surface area contributed by atoms with Crippen LogP contribution in [0.15, 0.2) is 42.9 Å². The van der Waals surface area contributed by atoms with Gasteiger partial charge in [0.25, 0.3) is 5.91 Å². The van der Waals surface area contributed by atoms with Gasteiger partial charge in [0.1, 0.15) is 12.1 Å². The first-order valence-electron chi connectivity index (χ1n) is 13.6. The fourth-order valence-electron chi connectivity index (χ4n) is 6.06. The Morgan fingerprint density at radius 2 is 1.62 bits per heavy atom. The van der Waals surface area contributed by atoms with E-state index < -0.39 is 0 Å². The number of hydrogen-bond donors (Lipinski definition) is 1. The average Bonchev–Trinajstić information content (AvgIpc) is 2.93. The number of nitrogen functional groups attached to an aromatic ring is 1. The normalized spacial score (nSPS) is 17.8. The Morgan fingerprint density at radius 1 is 0.946 bits per heavy atom. The van der Waals surface area contributed by atoms with Gasteiger partial charge in [-0.05, 0) is 101 Å². The Labute approximate surface area is 220 Å². The summed E-state index contributed by atoms with van der Waals surface area (Å²) >= 11 is 0. The van der Waals surface area contributed by atoms with Crippen LogP contribution in [0, 0.1) is 18.8 Å². The molecule has 1 aromatic carbocycles. The first-order valence-corrected chi connectivity index (χ1v) is 13.6. The van der Waals surface area contributed by atoms with Crippen LogP contribution in [-0.2, 0) is 6.42 Å². The minimum Gasteiger partial charge on any atom is -0.384 e. The van der Waals surface area contributed by atoms with Crippen LogP contribution in [0.2, 0.25) is 0 Å². The maximum Gasteiger partial charge on any atom is 0.254 e. The predicted octanol–water partition coefficient (Wildman–Crippen LogP) is 4.85. The minimum atomic E-state index is 0.144. The summed E-state index contributed by atoms with van der Waals surface area (Å²) in [5.41, 5.74) is 12.3. The zero-order valence-electron chi connectivity index (χ0n) is 22.3. The largest absolute Gasteiger partial charge is 0.384 e. The van der Waals surface area contributed by atoms with Crippen LogP contribution in [0.3, 0.4) is 0 Å². The van der Waals surface area contributed by atoms with Gasteiger partial charge in [-0.3, -0.25) is 4.79 Å². The molecule has 0 spiro atoms. The third kappa shape index (κ3) is 5.37. The number of likely N-dealkylation sites (tertiary alicyclic amines) is 2. The molecule has 1 amide bonds. The molecule has 0 aliphatic carbocycles. The van der Waals surface area contributed by atoms with E-state index in [1.807, 2.05) is 25.1 Å².